The summed E-state index contributed by atoms with van der Waals surface area (Å²) in [6, 6.07) is 0. The number of aromatic nitrogens is 2. The van der Waals surface area contributed by atoms with E-state index in [9.17, 15) is 9.59 Å². The van der Waals surface area contributed by atoms with E-state index in [1.807, 2.05) is 0 Å². The van der Waals surface area contributed by atoms with Crippen molar-refractivity contribution in [3.05, 3.63) is 18.0 Å². The molecule has 0 aliphatic heterocycles. The van der Waals surface area contributed by atoms with Gasteiger partial charge in [-0.3, -0.25) is 9.48 Å². The molecule has 1 aliphatic carbocycles. The Morgan fingerprint density at radius 1 is 1.45 bits per heavy atom. The summed E-state index contributed by atoms with van der Waals surface area (Å²) >= 11 is 0. The first-order valence-electron chi connectivity index (χ1n) is 6.86. The Bertz CT molecular complexity index is 502. The van der Waals surface area contributed by atoms with Crippen LogP contribution >= 0.6 is 0 Å². The van der Waals surface area contributed by atoms with Gasteiger partial charge >= 0.3 is 5.97 Å². The highest BCUT2D eigenvalue weighted by Crippen LogP contribution is 2.33. The average Bonchev–Trinajstić information content (AvgIpc) is 2.87. The Hall–Kier alpha value is -1.85. The topological polar surface area (TPSA) is 73.2 Å². The molecule has 1 aliphatic rings. The van der Waals surface area contributed by atoms with E-state index in [2.05, 4.69) is 17.3 Å². The Morgan fingerprint density at radius 3 is 2.60 bits per heavy atom. The third-order valence-corrected chi connectivity index (χ3v) is 4.02. The maximum absolute atomic E-state index is 12.3. The monoisotopic (exact) mass is 279 g/mol. The lowest BCUT2D eigenvalue weighted by Gasteiger charge is -2.37. The predicted octanol–water partition coefficient (Wildman–Crippen LogP) is 1.27. The van der Waals surface area contributed by atoms with Gasteiger partial charge in [-0.1, -0.05) is 6.92 Å². The minimum atomic E-state index is -0.895. The molecule has 1 aromatic heterocycles. The standard InChI is InChI=1S/C14H21N3O3/c1-10-4-6-14(7-5-10,13(19)20-3)16-12(18)11-8-15-17(2)9-11/h8-10H,4-7H2,1-3H3,(H,16,18). The minimum Gasteiger partial charge on any atom is -0.467 e. The van der Waals surface area contributed by atoms with E-state index in [1.54, 1.807) is 17.9 Å². The molecule has 1 aromatic rings. The maximum Gasteiger partial charge on any atom is 0.331 e. The molecule has 2 rings (SSSR count). The molecule has 0 saturated heterocycles. The van der Waals surface area contributed by atoms with Gasteiger partial charge in [0, 0.05) is 13.2 Å². The fraction of sp³-hybridized carbons (Fsp3) is 0.643. The van der Waals surface area contributed by atoms with Crippen LogP contribution in [0.4, 0.5) is 0 Å². The van der Waals surface area contributed by atoms with Crippen LogP contribution in [0.3, 0.4) is 0 Å². The van der Waals surface area contributed by atoms with Gasteiger partial charge in [-0.15, -0.1) is 0 Å². The van der Waals surface area contributed by atoms with Gasteiger partial charge in [0.05, 0.1) is 18.9 Å². The predicted molar refractivity (Wildman–Crippen MR) is 73.1 cm³/mol. The van der Waals surface area contributed by atoms with Crippen molar-refractivity contribution >= 4 is 11.9 Å². The largest absolute Gasteiger partial charge is 0.467 e. The molecule has 1 saturated carbocycles. The third kappa shape index (κ3) is 2.84. The summed E-state index contributed by atoms with van der Waals surface area (Å²) in [5.41, 5.74) is -0.442. The first kappa shape index (κ1) is 14.6. The van der Waals surface area contributed by atoms with Crippen LogP contribution in [0.15, 0.2) is 12.4 Å². The van der Waals surface area contributed by atoms with Gasteiger partial charge in [-0.25, -0.2) is 4.79 Å². The fourth-order valence-electron chi connectivity index (χ4n) is 2.66. The average molecular weight is 279 g/mol. The summed E-state index contributed by atoms with van der Waals surface area (Å²) in [5, 5.41) is 6.84. The SMILES string of the molecule is COC(=O)C1(NC(=O)c2cnn(C)c2)CCC(C)CC1. The molecule has 0 bridgehead atoms. The molecule has 0 atom stereocenters. The molecule has 1 amide bonds. The zero-order valence-electron chi connectivity index (χ0n) is 12.2. The fourth-order valence-corrected chi connectivity index (χ4v) is 2.66. The smallest absolute Gasteiger partial charge is 0.331 e. The van der Waals surface area contributed by atoms with Gasteiger partial charge in [-0.05, 0) is 31.6 Å². The van der Waals surface area contributed by atoms with Crippen LogP contribution in [-0.4, -0.2) is 34.3 Å². The molecule has 0 spiro atoms. The van der Waals surface area contributed by atoms with Crippen molar-refractivity contribution in [1.29, 1.82) is 0 Å². The van der Waals surface area contributed by atoms with Crippen molar-refractivity contribution in [3.8, 4) is 0 Å². The molecule has 0 aromatic carbocycles. The molecular weight excluding hydrogens is 258 g/mol. The molecule has 0 unspecified atom stereocenters. The van der Waals surface area contributed by atoms with E-state index in [0.717, 1.165) is 12.8 Å². The van der Waals surface area contributed by atoms with Crippen LogP contribution in [0.1, 0.15) is 43.0 Å². The number of amides is 1. The Morgan fingerprint density at radius 2 is 2.10 bits per heavy atom. The number of carbonyl (C=O) groups is 2. The quantitative estimate of drug-likeness (QED) is 0.846. The number of ether oxygens (including phenoxy) is 1. The lowest BCUT2D eigenvalue weighted by molar-refractivity contribution is -0.150. The summed E-state index contributed by atoms with van der Waals surface area (Å²) < 4.78 is 6.45. The summed E-state index contributed by atoms with van der Waals surface area (Å²) in [6.07, 6.45) is 6.17. The van der Waals surface area contributed by atoms with Crippen molar-refractivity contribution in [2.75, 3.05) is 7.11 Å². The van der Waals surface area contributed by atoms with Gasteiger partial charge in [0.25, 0.3) is 5.91 Å². The number of nitrogens with one attached hydrogen (secondary N) is 1. The molecule has 1 heterocycles. The molecule has 20 heavy (non-hydrogen) atoms. The van der Waals surface area contributed by atoms with Crippen molar-refractivity contribution in [3.63, 3.8) is 0 Å². The van der Waals surface area contributed by atoms with E-state index in [1.165, 1.54) is 13.3 Å². The molecule has 110 valence electrons. The molecule has 6 nitrogen and oxygen atoms in total. The number of esters is 1. The molecule has 1 fully saturated rings. The lowest BCUT2D eigenvalue weighted by atomic mass is 9.77. The highest BCUT2D eigenvalue weighted by molar-refractivity contribution is 5.97. The van der Waals surface area contributed by atoms with Crippen molar-refractivity contribution in [2.24, 2.45) is 13.0 Å². The van der Waals surface area contributed by atoms with E-state index >= 15 is 0 Å². The van der Waals surface area contributed by atoms with Gasteiger partial charge in [0.1, 0.15) is 5.54 Å². The summed E-state index contributed by atoms with van der Waals surface area (Å²) in [6.45, 7) is 2.16. The van der Waals surface area contributed by atoms with Crippen LogP contribution in [0.25, 0.3) is 0 Å². The Labute approximate surface area is 118 Å². The van der Waals surface area contributed by atoms with E-state index in [0.29, 0.717) is 24.3 Å². The third-order valence-electron chi connectivity index (χ3n) is 4.02. The second-order valence-corrected chi connectivity index (χ2v) is 5.61. The highest BCUT2D eigenvalue weighted by atomic mass is 16.5. The second-order valence-electron chi connectivity index (χ2n) is 5.61. The Balaban J connectivity index is 2.16. The van der Waals surface area contributed by atoms with E-state index < -0.39 is 5.54 Å². The molecule has 0 radical (unpaired) electrons. The van der Waals surface area contributed by atoms with E-state index in [4.69, 9.17) is 4.74 Å². The molecule has 6 heteroatoms. The number of methoxy groups -OCH3 is 1. The normalized spacial score (nSPS) is 26.1. The summed E-state index contributed by atoms with van der Waals surface area (Å²) in [7, 11) is 3.10. The number of rotatable bonds is 3. The maximum atomic E-state index is 12.3. The molecule has 1 N–H and O–H groups in total. The van der Waals surface area contributed by atoms with E-state index in [-0.39, 0.29) is 11.9 Å². The zero-order valence-corrected chi connectivity index (χ0v) is 12.2. The number of nitrogens with zero attached hydrogens (tertiary/aromatic N) is 2. The van der Waals surface area contributed by atoms with Crippen LogP contribution in [-0.2, 0) is 16.6 Å². The van der Waals surface area contributed by atoms with Crippen LogP contribution in [0, 0.1) is 5.92 Å². The van der Waals surface area contributed by atoms with Gasteiger partial charge in [-0.2, -0.15) is 5.10 Å². The number of hydrogen-bond acceptors (Lipinski definition) is 4. The van der Waals surface area contributed by atoms with Crippen LogP contribution < -0.4 is 5.32 Å². The van der Waals surface area contributed by atoms with Gasteiger partial charge < -0.3 is 10.1 Å². The summed E-state index contributed by atoms with van der Waals surface area (Å²) in [5.74, 6) is -0.0669. The van der Waals surface area contributed by atoms with Crippen LogP contribution in [0.2, 0.25) is 0 Å². The number of carbonyl (C=O) groups excluding carboxylic acids is 2. The second kappa shape index (κ2) is 5.64. The first-order chi connectivity index (χ1) is 9.47. The zero-order chi connectivity index (χ0) is 14.8. The number of aryl methyl sites for hydroxylation is 1. The summed E-state index contributed by atoms with van der Waals surface area (Å²) in [4.78, 5) is 24.4. The number of hydrogen-bond donors (Lipinski definition) is 1. The van der Waals surface area contributed by atoms with Crippen molar-refractivity contribution < 1.29 is 14.3 Å². The minimum absolute atomic E-state index is 0.280. The Kier molecular flexibility index (Phi) is 4.11. The lowest BCUT2D eigenvalue weighted by Crippen LogP contribution is -2.56. The highest BCUT2D eigenvalue weighted by Gasteiger charge is 2.43. The van der Waals surface area contributed by atoms with Crippen LogP contribution in [0.5, 0.6) is 0 Å². The first-order valence-corrected chi connectivity index (χ1v) is 6.86. The molecular formula is C14H21N3O3. The van der Waals surface area contributed by atoms with Gasteiger partial charge in [0.15, 0.2) is 0 Å². The van der Waals surface area contributed by atoms with Crippen molar-refractivity contribution in [1.82, 2.24) is 15.1 Å². The van der Waals surface area contributed by atoms with Gasteiger partial charge in [0.2, 0.25) is 0 Å². The van der Waals surface area contributed by atoms with Crippen molar-refractivity contribution in [2.45, 2.75) is 38.1 Å².